The van der Waals surface area contributed by atoms with E-state index in [0.717, 1.165) is 121 Å². The predicted molar refractivity (Wildman–Crippen MR) is 304 cm³/mol. The maximum atomic E-state index is 11.5. The molecule has 4 heterocycles. The second kappa shape index (κ2) is 16.1. The zero-order chi connectivity index (χ0) is 49.0. The smallest absolute Gasteiger partial charge is 0.101 e. The van der Waals surface area contributed by atoms with Gasteiger partial charge in [0.1, 0.15) is 12.1 Å². The fourth-order valence-corrected chi connectivity index (χ4v) is 11.9. The first kappa shape index (κ1) is 41.4. The number of hydrogen-bond donors (Lipinski definition) is 0. The highest BCUT2D eigenvalue weighted by Crippen LogP contribution is 2.45. The van der Waals surface area contributed by atoms with Crippen LogP contribution in [0.1, 0.15) is 11.1 Å². The molecule has 4 aromatic heterocycles. The molecule has 0 radical (unpaired) electrons. The van der Waals surface area contributed by atoms with E-state index in [0.29, 0.717) is 22.5 Å². The van der Waals surface area contributed by atoms with E-state index < -0.39 is 0 Å². The molecule has 6 nitrogen and oxygen atoms in total. The second-order valence-electron chi connectivity index (χ2n) is 19.1. The summed E-state index contributed by atoms with van der Waals surface area (Å²) in [5, 5.41) is 31.6. The van der Waals surface area contributed by atoms with Crippen LogP contribution < -0.4 is 0 Å². The number of hydrogen-bond acceptors (Lipinski definition) is 2. The fraction of sp³-hybridized carbons (Fsp3) is 0. The third kappa shape index (κ3) is 6.04. The molecule has 0 unspecified atom stereocenters. The van der Waals surface area contributed by atoms with Gasteiger partial charge >= 0.3 is 0 Å². The van der Waals surface area contributed by atoms with Crippen LogP contribution in [0.25, 0.3) is 132 Å². The average molecular weight is 941 g/mol. The molecule has 0 saturated heterocycles. The minimum Gasteiger partial charge on any atom is -0.309 e. The maximum Gasteiger partial charge on any atom is 0.101 e. The van der Waals surface area contributed by atoms with Crippen LogP contribution in [0.5, 0.6) is 0 Å². The molecule has 0 spiro atoms. The van der Waals surface area contributed by atoms with Crippen molar-refractivity contribution in [1.82, 2.24) is 18.3 Å². The molecule has 0 N–H and O–H groups in total. The Bertz CT molecular complexity index is 4570. The average Bonchev–Trinajstić information content (AvgIpc) is 4.18. The Labute approximate surface area is 424 Å². The summed E-state index contributed by atoms with van der Waals surface area (Å²) in [5.74, 6) is 0. The second-order valence-corrected chi connectivity index (χ2v) is 19.1. The highest BCUT2D eigenvalue weighted by Gasteiger charge is 2.25. The third-order valence-electron chi connectivity index (χ3n) is 15.2. The molecule has 6 heteroatoms. The first-order valence-electron chi connectivity index (χ1n) is 24.9. The van der Waals surface area contributed by atoms with Crippen LogP contribution in [-0.4, -0.2) is 18.3 Å². The zero-order valence-corrected chi connectivity index (χ0v) is 39.8. The van der Waals surface area contributed by atoms with Crippen molar-refractivity contribution in [2.45, 2.75) is 0 Å². The largest absolute Gasteiger partial charge is 0.309 e. The van der Waals surface area contributed by atoms with Crippen molar-refractivity contribution in [3.05, 3.63) is 254 Å². The van der Waals surface area contributed by atoms with Crippen LogP contribution >= 0.6 is 0 Å². The molecular formula is C68H40N6. The van der Waals surface area contributed by atoms with E-state index >= 15 is 0 Å². The normalized spacial score (nSPS) is 11.8. The first-order valence-corrected chi connectivity index (χ1v) is 24.9. The fourth-order valence-electron chi connectivity index (χ4n) is 11.9. The molecule has 74 heavy (non-hydrogen) atoms. The number of para-hydroxylation sites is 4. The summed E-state index contributed by atoms with van der Waals surface area (Å²) in [7, 11) is 0. The molecule has 0 aliphatic rings. The molecule has 0 saturated carbocycles. The summed E-state index contributed by atoms with van der Waals surface area (Å²) >= 11 is 0. The van der Waals surface area contributed by atoms with Crippen LogP contribution in [0, 0.1) is 22.7 Å². The van der Waals surface area contributed by atoms with E-state index in [1.54, 1.807) is 0 Å². The molecular weight excluding hydrogens is 901 g/mol. The Morgan fingerprint density at radius 2 is 0.541 bits per heavy atom. The van der Waals surface area contributed by atoms with Crippen molar-refractivity contribution >= 4 is 87.2 Å². The summed E-state index contributed by atoms with van der Waals surface area (Å²) in [6.07, 6.45) is 0. The van der Waals surface area contributed by atoms with Crippen LogP contribution in [0.2, 0.25) is 0 Å². The highest BCUT2D eigenvalue weighted by atomic mass is 15.0. The third-order valence-corrected chi connectivity index (χ3v) is 15.2. The zero-order valence-electron chi connectivity index (χ0n) is 39.8. The highest BCUT2D eigenvalue weighted by molar-refractivity contribution is 6.21. The Hall–Kier alpha value is -10.4. The summed E-state index contributed by atoms with van der Waals surface area (Å²) in [4.78, 5) is 0. The maximum absolute atomic E-state index is 11.5. The molecule has 342 valence electrons. The van der Waals surface area contributed by atoms with Gasteiger partial charge in [0.05, 0.1) is 66.6 Å². The van der Waals surface area contributed by atoms with Gasteiger partial charge in [-0.3, -0.25) is 0 Å². The van der Waals surface area contributed by atoms with Crippen LogP contribution in [0.4, 0.5) is 0 Å². The van der Waals surface area contributed by atoms with Gasteiger partial charge in [-0.05, 0) is 119 Å². The van der Waals surface area contributed by atoms with Gasteiger partial charge in [-0.25, -0.2) is 0 Å². The number of aromatic nitrogens is 4. The van der Waals surface area contributed by atoms with Gasteiger partial charge in [0.25, 0.3) is 0 Å². The van der Waals surface area contributed by atoms with E-state index in [2.05, 4.69) is 249 Å². The van der Waals surface area contributed by atoms with Gasteiger partial charge in [-0.2, -0.15) is 10.5 Å². The van der Waals surface area contributed by atoms with E-state index in [4.69, 9.17) is 0 Å². The minimum atomic E-state index is 0.453. The summed E-state index contributed by atoms with van der Waals surface area (Å²) < 4.78 is 9.10. The minimum absolute atomic E-state index is 0.453. The Kier molecular flexibility index (Phi) is 8.99. The topological polar surface area (TPSA) is 67.3 Å². The molecule has 15 rings (SSSR count). The van der Waals surface area contributed by atoms with Crippen molar-refractivity contribution in [2.24, 2.45) is 0 Å². The Morgan fingerprint density at radius 3 is 0.932 bits per heavy atom. The summed E-state index contributed by atoms with van der Waals surface area (Å²) in [5.41, 5.74) is 17.0. The van der Waals surface area contributed by atoms with Gasteiger partial charge in [0, 0.05) is 54.5 Å². The monoisotopic (exact) mass is 940 g/mol. The van der Waals surface area contributed by atoms with Gasteiger partial charge in [0.2, 0.25) is 0 Å². The molecule has 0 amide bonds. The molecule has 0 aliphatic heterocycles. The Morgan fingerprint density at radius 1 is 0.230 bits per heavy atom. The molecule has 0 aliphatic carbocycles. The first-order chi connectivity index (χ1) is 36.6. The standard InChI is InChI=1S/C68H40N6/c69-41-47-36-64(74-62-32-30-46(44-19-7-2-8-20-44)34-54(62)58-40-66-56(38-68(58)74)52-26-14-16-28-60(52)72(66)50-23-11-4-12-24-50)48(42-70)35-63(47)73-61-31-29-45(43-17-5-1-6-18-43)33-53(61)57-39-65-55(37-67(57)73)51-25-13-15-27-59(51)71(65)49-21-9-3-10-22-49/h1-40H. The SMILES string of the molecule is N#Cc1cc(-n2c3ccc(-c4ccccc4)cc3c3cc4c(cc32)c2ccccc2n4-c2ccccc2)c(C#N)cc1-n1c2ccc(-c3ccccc3)cc2c2cc3c(cc21)c1ccccc1n3-c1ccccc1. The van der Waals surface area contributed by atoms with Crippen molar-refractivity contribution in [3.8, 4) is 57.1 Å². The molecule has 11 aromatic carbocycles. The molecule has 15 aromatic rings. The number of nitriles is 2. The van der Waals surface area contributed by atoms with E-state index in [1.165, 1.54) is 0 Å². The van der Waals surface area contributed by atoms with Crippen molar-refractivity contribution in [1.29, 1.82) is 10.5 Å². The lowest BCUT2D eigenvalue weighted by Crippen LogP contribution is -2.04. The van der Waals surface area contributed by atoms with E-state index in [1.807, 2.05) is 24.3 Å². The van der Waals surface area contributed by atoms with Crippen LogP contribution in [0.15, 0.2) is 243 Å². The van der Waals surface area contributed by atoms with Gasteiger partial charge < -0.3 is 18.3 Å². The molecule has 0 fully saturated rings. The lowest BCUT2D eigenvalue weighted by Gasteiger charge is -2.16. The quantitative estimate of drug-likeness (QED) is 0.167. The lowest BCUT2D eigenvalue weighted by atomic mass is 10.0. The van der Waals surface area contributed by atoms with Crippen LogP contribution in [-0.2, 0) is 0 Å². The predicted octanol–water partition coefficient (Wildman–Crippen LogP) is 17.2. The van der Waals surface area contributed by atoms with Crippen molar-refractivity contribution < 1.29 is 0 Å². The molecule has 0 atom stereocenters. The van der Waals surface area contributed by atoms with Gasteiger partial charge in [-0.1, -0.05) is 146 Å². The summed E-state index contributed by atoms with van der Waals surface area (Å²) in [6, 6.07) is 90.7. The van der Waals surface area contributed by atoms with Crippen LogP contribution in [0.3, 0.4) is 0 Å². The number of nitrogens with zero attached hydrogens (tertiary/aromatic N) is 6. The lowest BCUT2D eigenvalue weighted by molar-refractivity contribution is 1.12. The van der Waals surface area contributed by atoms with Gasteiger partial charge in [-0.15, -0.1) is 0 Å². The van der Waals surface area contributed by atoms with E-state index in [9.17, 15) is 10.5 Å². The van der Waals surface area contributed by atoms with Crippen molar-refractivity contribution in [2.75, 3.05) is 0 Å². The number of benzene rings is 11. The van der Waals surface area contributed by atoms with Crippen molar-refractivity contribution in [3.63, 3.8) is 0 Å². The number of fused-ring (bicyclic) bond motifs is 12. The number of rotatable bonds is 6. The summed E-state index contributed by atoms with van der Waals surface area (Å²) in [6.45, 7) is 0. The molecule has 0 bridgehead atoms. The Balaban J connectivity index is 1.03. The van der Waals surface area contributed by atoms with E-state index in [-0.39, 0.29) is 0 Å². The van der Waals surface area contributed by atoms with Gasteiger partial charge in [0.15, 0.2) is 0 Å².